The van der Waals surface area contributed by atoms with Gasteiger partial charge in [0.05, 0.1) is 18.4 Å². The predicted octanol–water partition coefficient (Wildman–Crippen LogP) is 5.33. The molecule has 3 aromatic carbocycles. The van der Waals surface area contributed by atoms with Gasteiger partial charge in [-0.05, 0) is 47.5 Å². The molecule has 0 heterocycles. The Morgan fingerprint density at radius 2 is 1.46 bits per heavy atom. The number of hydrogen-bond donors (Lipinski definition) is 0. The highest BCUT2D eigenvalue weighted by molar-refractivity contribution is 5.80. The van der Waals surface area contributed by atoms with Gasteiger partial charge >= 0.3 is 6.61 Å². The monoisotopic (exact) mass is 352 g/mol. The van der Waals surface area contributed by atoms with Crippen molar-refractivity contribution in [1.29, 1.82) is 0 Å². The summed E-state index contributed by atoms with van der Waals surface area (Å²) in [6.07, 6.45) is 1.70. The second kappa shape index (κ2) is 8.76. The van der Waals surface area contributed by atoms with Crippen molar-refractivity contribution in [2.24, 2.45) is 5.10 Å². The molecule has 3 rings (SSSR count). The number of halogens is 2. The van der Waals surface area contributed by atoms with Gasteiger partial charge in [0.2, 0.25) is 0 Å². The smallest absolute Gasteiger partial charge is 0.387 e. The molecule has 0 saturated carbocycles. The van der Waals surface area contributed by atoms with Gasteiger partial charge in [-0.1, -0.05) is 48.5 Å². The molecular weight excluding hydrogens is 334 g/mol. The van der Waals surface area contributed by atoms with E-state index >= 15 is 0 Å². The molecule has 0 aliphatic carbocycles. The molecule has 0 unspecified atom stereocenters. The molecule has 0 amide bonds. The van der Waals surface area contributed by atoms with E-state index < -0.39 is 6.61 Å². The summed E-state index contributed by atoms with van der Waals surface area (Å²) >= 11 is 0. The van der Waals surface area contributed by atoms with Crippen LogP contribution in [0.3, 0.4) is 0 Å². The zero-order valence-electron chi connectivity index (χ0n) is 14.0. The molecule has 3 aromatic rings. The predicted molar refractivity (Wildman–Crippen MR) is 99.7 cm³/mol. The molecule has 0 bridgehead atoms. The highest BCUT2D eigenvalue weighted by atomic mass is 19.3. The SMILES string of the molecule is FC(F)Oc1ccc(/C=N\N(Cc2ccccc2)c2ccccc2)cc1. The lowest BCUT2D eigenvalue weighted by Crippen LogP contribution is -2.16. The molecule has 0 radical (unpaired) electrons. The Bertz CT molecular complexity index is 822. The normalized spacial score (nSPS) is 11.0. The van der Waals surface area contributed by atoms with E-state index in [0.29, 0.717) is 6.54 Å². The first-order chi connectivity index (χ1) is 12.7. The molecule has 132 valence electrons. The van der Waals surface area contributed by atoms with Gasteiger partial charge in [0.25, 0.3) is 0 Å². The van der Waals surface area contributed by atoms with Crippen molar-refractivity contribution < 1.29 is 13.5 Å². The van der Waals surface area contributed by atoms with Crippen molar-refractivity contribution in [3.63, 3.8) is 0 Å². The van der Waals surface area contributed by atoms with Crippen LogP contribution < -0.4 is 9.75 Å². The molecule has 5 heteroatoms. The largest absolute Gasteiger partial charge is 0.435 e. The van der Waals surface area contributed by atoms with Crippen molar-refractivity contribution in [2.75, 3.05) is 5.01 Å². The summed E-state index contributed by atoms with van der Waals surface area (Å²) in [6, 6.07) is 26.3. The van der Waals surface area contributed by atoms with Crippen LogP contribution in [0, 0.1) is 0 Å². The van der Waals surface area contributed by atoms with Crippen LogP contribution in [0.1, 0.15) is 11.1 Å². The van der Waals surface area contributed by atoms with Gasteiger partial charge in [0, 0.05) is 0 Å². The van der Waals surface area contributed by atoms with Crippen LogP contribution in [0.5, 0.6) is 5.75 Å². The minimum atomic E-state index is -2.83. The van der Waals surface area contributed by atoms with Crippen molar-refractivity contribution in [2.45, 2.75) is 13.2 Å². The summed E-state index contributed by atoms with van der Waals surface area (Å²) in [5, 5.41) is 6.46. The molecule has 26 heavy (non-hydrogen) atoms. The van der Waals surface area contributed by atoms with Crippen molar-refractivity contribution in [3.05, 3.63) is 96.1 Å². The number of alkyl halides is 2. The number of hydrazone groups is 1. The first-order valence-corrected chi connectivity index (χ1v) is 8.16. The summed E-state index contributed by atoms with van der Waals surface area (Å²) in [5.74, 6) is 0.126. The van der Waals surface area contributed by atoms with E-state index in [1.807, 2.05) is 65.7 Å². The number of rotatable bonds is 7. The number of ether oxygens (including phenoxy) is 1. The summed E-state index contributed by atoms with van der Waals surface area (Å²) in [7, 11) is 0. The molecule has 0 aliphatic heterocycles. The Labute approximate surface area is 151 Å². The Kier molecular flexibility index (Phi) is 5.93. The van der Waals surface area contributed by atoms with Gasteiger partial charge in [-0.15, -0.1) is 0 Å². The molecule has 0 saturated heterocycles. The highest BCUT2D eigenvalue weighted by Gasteiger charge is 2.06. The molecule has 0 atom stereocenters. The lowest BCUT2D eigenvalue weighted by molar-refractivity contribution is -0.0498. The second-order valence-electron chi connectivity index (χ2n) is 5.57. The average Bonchev–Trinajstić information content (AvgIpc) is 2.67. The van der Waals surface area contributed by atoms with Gasteiger partial charge in [-0.2, -0.15) is 13.9 Å². The van der Waals surface area contributed by atoms with Gasteiger partial charge in [-0.3, -0.25) is 5.01 Å². The van der Waals surface area contributed by atoms with E-state index in [9.17, 15) is 8.78 Å². The fourth-order valence-electron chi connectivity index (χ4n) is 2.43. The summed E-state index contributed by atoms with van der Waals surface area (Å²) in [5.41, 5.74) is 2.89. The van der Waals surface area contributed by atoms with Crippen LogP contribution >= 0.6 is 0 Å². The zero-order valence-corrected chi connectivity index (χ0v) is 14.0. The van der Waals surface area contributed by atoms with Gasteiger partial charge in [0.15, 0.2) is 0 Å². The van der Waals surface area contributed by atoms with E-state index in [1.165, 1.54) is 12.1 Å². The summed E-state index contributed by atoms with van der Waals surface area (Å²) < 4.78 is 28.8. The summed E-state index contributed by atoms with van der Waals surface area (Å²) in [4.78, 5) is 0. The first-order valence-electron chi connectivity index (χ1n) is 8.16. The number of benzene rings is 3. The maximum atomic E-state index is 12.2. The average molecular weight is 352 g/mol. The van der Waals surface area contributed by atoms with Crippen LogP contribution in [0.4, 0.5) is 14.5 Å². The van der Waals surface area contributed by atoms with E-state index in [4.69, 9.17) is 0 Å². The standard InChI is InChI=1S/C21H18F2N2O/c22-21(23)26-20-13-11-17(12-14-20)15-24-25(19-9-5-2-6-10-19)16-18-7-3-1-4-8-18/h1-15,21H,16H2/b24-15-. The van der Waals surface area contributed by atoms with Crippen LogP contribution in [0.25, 0.3) is 0 Å². The Balaban J connectivity index is 1.77. The van der Waals surface area contributed by atoms with Crippen molar-refractivity contribution in [1.82, 2.24) is 0 Å². The third kappa shape index (κ3) is 5.14. The van der Waals surface area contributed by atoms with Crippen LogP contribution in [-0.4, -0.2) is 12.8 Å². The fraction of sp³-hybridized carbons (Fsp3) is 0.0952. The zero-order chi connectivity index (χ0) is 18.2. The van der Waals surface area contributed by atoms with E-state index in [1.54, 1.807) is 18.3 Å². The molecule has 0 aliphatic rings. The quantitative estimate of drug-likeness (QED) is 0.424. The number of anilines is 1. The molecule has 0 N–H and O–H groups in total. The lowest BCUT2D eigenvalue weighted by atomic mass is 10.2. The van der Waals surface area contributed by atoms with Gasteiger partial charge in [0.1, 0.15) is 5.75 Å². The maximum absolute atomic E-state index is 12.2. The molecule has 0 spiro atoms. The van der Waals surface area contributed by atoms with Crippen molar-refractivity contribution in [3.8, 4) is 5.75 Å². The topological polar surface area (TPSA) is 24.8 Å². The van der Waals surface area contributed by atoms with Crippen LogP contribution in [0.2, 0.25) is 0 Å². The Hall–Kier alpha value is -3.21. The minimum Gasteiger partial charge on any atom is -0.435 e. The molecular formula is C21H18F2N2O. The van der Waals surface area contributed by atoms with E-state index in [2.05, 4.69) is 9.84 Å². The lowest BCUT2D eigenvalue weighted by Gasteiger charge is -2.19. The van der Waals surface area contributed by atoms with E-state index in [-0.39, 0.29) is 5.75 Å². The van der Waals surface area contributed by atoms with E-state index in [0.717, 1.165) is 16.8 Å². The molecule has 0 aromatic heterocycles. The van der Waals surface area contributed by atoms with Gasteiger partial charge < -0.3 is 4.74 Å². The van der Waals surface area contributed by atoms with Crippen molar-refractivity contribution >= 4 is 11.9 Å². The second-order valence-corrected chi connectivity index (χ2v) is 5.57. The Morgan fingerprint density at radius 1 is 0.846 bits per heavy atom. The molecule has 0 fully saturated rings. The van der Waals surface area contributed by atoms with Crippen LogP contribution in [-0.2, 0) is 6.54 Å². The third-order valence-corrected chi connectivity index (χ3v) is 3.68. The number of nitrogens with zero attached hydrogens (tertiary/aromatic N) is 2. The first kappa shape index (κ1) is 17.6. The highest BCUT2D eigenvalue weighted by Crippen LogP contribution is 2.18. The van der Waals surface area contributed by atoms with Gasteiger partial charge in [-0.25, -0.2) is 0 Å². The number of hydrogen-bond acceptors (Lipinski definition) is 3. The van der Waals surface area contributed by atoms with Crippen LogP contribution in [0.15, 0.2) is 90.0 Å². The maximum Gasteiger partial charge on any atom is 0.387 e. The fourth-order valence-corrected chi connectivity index (χ4v) is 2.43. The number of para-hydroxylation sites is 1. The summed E-state index contributed by atoms with van der Waals surface area (Å²) in [6.45, 7) is -2.21. The third-order valence-electron chi connectivity index (χ3n) is 3.68. The Morgan fingerprint density at radius 3 is 2.08 bits per heavy atom. The molecule has 3 nitrogen and oxygen atoms in total. The minimum absolute atomic E-state index is 0.126.